The Kier molecular flexibility index (Phi) is 6.03. The van der Waals surface area contributed by atoms with Crippen LogP contribution >= 0.6 is 0 Å². The number of piperidine rings is 1. The fourth-order valence-electron chi connectivity index (χ4n) is 4.12. The van der Waals surface area contributed by atoms with Crippen molar-refractivity contribution in [2.24, 2.45) is 0 Å². The third-order valence-corrected chi connectivity index (χ3v) is 5.75. The number of carbonyl (C=O) groups is 2. The van der Waals surface area contributed by atoms with Crippen molar-refractivity contribution in [1.82, 2.24) is 25.1 Å². The highest BCUT2D eigenvalue weighted by Gasteiger charge is 2.39. The molecule has 5 rings (SSSR count). The molecule has 0 aliphatic carbocycles. The van der Waals surface area contributed by atoms with E-state index >= 15 is 0 Å². The molecule has 0 bridgehead atoms. The monoisotopic (exact) mass is 504 g/mol. The minimum Gasteiger partial charge on any atom is -0.444 e. The van der Waals surface area contributed by atoms with Crippen LogP contribution in [0.15, 0.2) is 36.8 Å². The van der Waals surface area contributed by atoms with Crippen molar-refractivity contribution >= 4 is 29.8 Å². The highest BCUT2D eigenvalue weighted by atomic mass is 19.4. The zero-order chi connectivity index (χ0) is 25.3. The van der Waals surface area contributed by atoms with E-state index in [1.54, 1.807) is 9.80 Å². The molecule has 2 amide bonds. The number of ether oxygens (including phenoxy) is 2. The van der Waals surface area contributed by atoms with Crippen LogP contribution in [0.25, 0.3) is 0 Å². The number of H-pyrrole nitrogens is 1. The van der Waals surface area contributed by atoms with E-state index in [0.29, 0.717) is 25.9 Å². The largest absolute Gasteiger partial charge is 0.444 e. The summed E-state index contributed by atoms with van der Waals surface area (Å²) in [6.45, 7) is 0.807. The summed E-state index contributed by atoms with van der Waals surface area (Å²) in [6.07, 6.45) is -3.69. The van der Waals surface area contributed by atoms with E-state index in [0.717, 1.165) is 17.4 Å². The Morgan fingerprint density at radius 2 is 1.97 bits per heavy atom. The summed E-state index contributed by atoms with van der Waals surface area (Å²) in [6, 6.07) is 7.23. The molecule has 0 saturated carbocycles. The molecule has 0 unspecified atom stereocenters. The Labute approximate surface area is 201 Å². The molecule has 1 saturated heterocycles. The third-order valence-electron chi connectivity index (χ3n) is 5.75. The number of nitrogens with one attached hydrogen (secondary N) is 2. The maximum atomic E-state index is 13.7. The van der Waals surface area contributed by atoms with E-state index < -0.39 is 29.8 Å². The van der Waals surface area contributed by atoms with Crippen LogP contribution < -0.4 is 19.9 Å². The number of aromatic amines is 1. The predicted octanol–water partition coefficient (Wildman–Crippen LogP) is 3.35. The number of fused-ring (bicyclic) bond motifs is 1. The van der Waals surface area contributed by atoms with E-state index in [2.05, 4.69) is 30.5 Å². The van der Waals surface area contributed by atoms with Gasteiger partial charge in [-0.3, -0.25) is 15.3 Å². The van der Waals surface area contributed by atoms with Gasteiger partial charge in [0, 0.05) is 24.7 Å². The minimum atomic E-state index is -4.91. The zero-order valence-electron chi connectivity index (χ0n) is 18.5. The standard InChI is InChI=1S/C21H19F3N8O4/c22-21(23,24)16-15(36-19(33)29-17-26-11-27-30-17)9-25-18(28-16)31-7-5-13(6-8-31)32-14-4-2-1-3-12(14)10-35-20(32)34/h1-4,9,11,13H,5-8,10H2,(H2,26,27,29,30,33). The van der Waals surface area contributed by atoms with Gasteiger partial charge in [0.05, 0.1) is 11.9 Å². The topological polar surface area (TPSA) is 138 Å². The van der Waals surface area contributed by atoms with Crippen molar-refractivity contribution in [2.45, 2.75) is 31.7 Å². The smallest absolute Gasteiger partial charge is 0.437 e. The van der Waals surface area contributed by atoms with Crippen molar-refractivity contribution < 1.29 is 32.2 Å². The van der Waals surface area contributed by atoms with Crippen molar-refractivity contribution in [1.29, 1.82) is 0 Å². The second-order valence-corrected chi connectivity index (χ2v) is 7.99. The van der Waals surface area contributed by atoms with Gasteiger partial charge in [-0.15, -0.1) is 5.10 Å². The van der Waals surface area contributed by atoms with Crippen molar-refractivity contribution in [3.05, 3.63) is 48.0 Å². The van der Waals surface area contributed by atoms with Crippen LogP contribution in [0.2, 0.25) is 0 Å². The molecule has 0 atom stereocenters. The van der Waals surface area contributed by atoms with E-state index in [4.69, 9.17) is 9.47 Å². The van der Waals surface area contributed by atoms with Gasteiger partial charge < -0.3 is 14.4 Å². The van der Waals surface area contributed by atoms with Gasteiger partial charge in [0.15, 0.2) is 11.4 Å². The maximum absolute atomic E-state index is 13.7. The first-order chi connectivity index (χ1) is 17.3. The molecule has 2 N–H and O–H groups in total. The Morgan fingerprint density at radius 3 is 2.69 bits per heavy atom. The zero-order valence-corrected chi connectivity index (χ0v) is 18.5. The fraction of sp³-hybridized carbons (Fsp3) is 0.333. The lowest BCUT2D eigenvalue weighted by Crippen LogP contribution is -2.49. The molecule has 4 heterocycles. The Balaban J connectivity index is 1.30. The Morgan fingerprint density at radius 1 is 1.19 bits per heavy atom. The summed E-state index contributed by atoms with van der Waals surface area (Å²) in [4.78, 5) is 38.9. The first-order valence-electron chi connectivity index (χ1n) is 10.9. The number of cyclic esters (lactones) is 1. The van der Waals surface area contributed by atoms with Gasteiger partial charge in [-0.05, 0) is 18.9 Å². The molecule has 1 fully saturated rings. The number of carbonyl (C=O) groups excluding carboxylic acids is 2. The highest BCUT2D eigenvalue weighted by molar-refractivity contribution is 5.91. The van der Waals surface area contributed by atoms with E-state index in [9.17, 15) is 22.8 Å². The minimum absolute atomic E-state index is 0.163. The van der Waals surface area contributed by atoms with Crippen LogP contribution in [0.4, 0.5) is 40.3 Å². The Bertz CT molecular complexity index is 1260. The number of alkyl halides is 3. The van der Waals surface area contributed by atoms with Gasteiger partial charge in [-0.1, -0.05) is 18.2 Å². The molecule has 2 aliphatic rings. The molecule has 36 heavy (non-hydrogen) atoms. The SMILES string of the molecule is O=C(Nc1nc[nH]n1)Oc1cnc(N2CCC(N3C(=O)OCc4ccccc43)CC2)nc1C(F)(F)F. The van der Waals surface area contributed by atoms with E-state index in [-0.39, 0.29) is 24.5 Å². The van der Waals surface area contributed by atoms with Crippen LogP contribution in [0.3, 0.4) is 0 Å². The van der Waals surface area contributed by atoms with Gasteiger partial charge in [0.1, 0.15) is 12.9 Å². The number of hydrogen-bond donors (Lipinski definition) is 2. The van der Waals surface area contributed by atoms with Gasteiger partial charge >= 0.3 is 18.4 Å². The first kappa shape index (κ1) is 23.3. The molecule has 15 heteroatoms. The van der Waals surface area contributed by atoms with Gasteiger partial charge in [0.25, 0.3) is 5.95 Å². The number of para-hydroxylation sites is 1. The number of hydrogen-bond acceptors (Lipinski definition) is 9. The number of aromatic nitrogens is 5. The van der Waals surface area contributed by atoms with Gasteiger partial charge in [0.2, 0.25) is 5.95 Å². The van der Waals surface area contributed by atoms with Crippen LogP contribution in [0.1, 0.15) is 24.1 Å². The average Bonchev–Trinajstić information content (AvgIpc) is 3.37. The Hall–Kier alpha value is -4.43. The lowest BCUT2D eigenvalue weighted by molar-refractivity contribution is -0.142. The number of nitrogens with zero attached hydrogens (tertiary/aromatic N) is 6. The highest BCUT2D eigenvalue weighted by Crippen LogP contribution is 2.36. The summed E-state index contributed by atoms with van der Waals surface area (Å²) in [5.74, 6) is -1.19. The number of benzene rings is 1. The maximum Gasteiger partial charge on any atom is 0.437 e. The number of rotatable bonds is 4. The van der Waals surface area contributed by atoms with Crippen molar-refractivity contribution in [3.8, 4) is 5.75 Å². The molecule has 12 nitrogen and oxygen atoms in total. The lowest BCUT2D eigenvalue weighted by Gasteiger charge is -2.40. The van der Waals surface area contributed by atoms with Crippen LogP contribution in [-0.2, 0) is 17.5 Å². The molecular formula is C21H19F3N8O4. The first-order valence-corrected chi connectivity index (χ1v) is 10.9. The molecule has 2 aliphatic heterocycles. The molecular weight excluding hydrogens is 485 g/mol. The van der Waals surface area contributed by atoms with Crippen LogP contribution in [-0.4, -0.2) is 56.5 Å². The third kappa shape index (κ3) is 4.71. The second kappa shape index (κ2) is 9.31. The summed E-state index contributed by atoms with van der Waals surface area (Å²) in [7, 11) is 0. The predicted molar refractivity (Wildman–Crippen MR) is 117 cm³/mol. The molecule has 0 spiro atoms. The molecule has 2 aromatic heterocycles. The lowest BCUT2D eigenvalue weighted by atomic mass is 10.0. The molecule has 188 valence electrons. The van der Waals surface area contributed by atoms with E-state index in [1.165, 1.54) is 6.33 Å². The number of amides is 2. The van der Waals surface area contributed by atoms with Gasteiger partial charge in [-0.2, -0.15) is 13.2 Å². The van der Waals surface area contributed by atoms with Crippen molar-refractivity contribution in [2.75, 3.05) is 28.2 Å². The van der Waals surface area contributed by atoms with E-state index in [1.807, 2.05) is 24.3 Å². The van der Waals surface area contributed by atoms with Crippen LogP contribution in [0.5, 0.6) is 5.75 Å². The fourth-order valence-corrected chi connectivity index (χ4v) is 4.12. The molecule has 3 aromatic rings. The number of halogens is 3. The summed E-state index contributed by atoms with van der Waals surface area (Å²) < 4.78 is 51.2. The normalized spacial score (nSPS) is 16.4. The average molecular weight is 504 g/mol. The van der Waals surface area contributed by atoms with Crippen LogP contribution in [0, 0.1) is 0 Å². The second-order valence-electron chi connectivity index (χ2n) is 7.99. The summed E-state index contributed by atoms with van der Waals surface area (Å²) in [5, 5.41) is 7.98. The van der Waals surface area contributed by atoms with Gasteiger partial charge in [-0.25, -0.2) is 24.5 Å². The molecule has 0 radical (unpaired) electrons. The molecule has 1 aromatic carbocycles. The summed E-state index contributed by atoms with van der Waals surface area (Å²) >= 11 is 0. The summed E-state index contributed by atoms with van der Waals surface area (Å²) in [5.41, 5.74) is 0.265. The number of anilines is 3. The quantitative estimate of drug-likeness (QED) is 0.548. The van der Waals surface area contributed by atoms with Crippen molar-refractivity contribution in [3.63, 3.8) is 0 Å².